The van der Waals surface area contributed by atoms with Gasteiger partial charge < -0.3 is 10.6 Å². The van der Waals surface area contributed by atoms with E-state index >= 15 is 0 Å². The van der Waals surface area contributed by atoms with Gasteiger partial charge in [0, 0.05) is 12.2 Å². The number of hydrogen-bond acceptors (Lipinski definition) is 1. The topological polar surface area (TPSA) is 41.6 Å². The number of para-hydroxylation sites is 1. The van der Waals surface area contributed by atoms with Crippen LogP contribution in [0.3, 0.4) is 0 Å². The number of aliphatic imine (C=N–C) groups is 1. The van der Waals surface area contributed by atoms with E-state index in [1.165, 1.54) is 22.4 Å². The van der Waals surface area contributed by atoms with Crippen molar-refractivity contribution in [3.05, 3.63) is 59.2 Å². The SMILES string of the molecule is Cc1cccc(N=C(N)N2CCCc3ccccc32)c1C. The third-order valence-electron chi connectivity index (χ3n) is 4.20. The minimum atomic E-state index is 0.579. The molecule has 1 aliphatic rings. The first kappa shape index (κ1) is 13.7. The van der Waals surface area contributed by atoms with Gasteiger partial charge in [0.05, 0.1) is 5.69 Å². The average molecular weight is 279 g/mol. The van der Waals surface area contributed by atoms with Crippen molar-refractivity contribution in [1.29, 1.82) is 0 Å². The Morgan fingerprint density at radius 2 is 1.90 bits per heavy atom. The summed E-state index contributed by atoms with van der Waals surface area (Å²) in [6.45, 7) is 5.11. The number of guanidine groups is 1. The van der Waals surface area contributed by atoms with E-state index < -0.39 is 0 Å². The van der Waals surface area contributed by atoms with Gasteiger partial charge in [0.2, 0.25) is 5.96 Å². The molecular formula is C18H21N3. The third-order valence-corrected chi connectivity index (χ3v) is 4.20. The maximum absolute atomic E-state index is 6.29. The van der Waals surface area contributed by atoms with Crippen LogP contribution in [0.25, 0.3) is 0 Å². The van der Waals surface area contributed by atoms with E-state index in [4.69, 9.17) is 5.73 Å². The number of aryl methyl sites for hydroxylation is 2. The summed E-state index contributed by atoms with van der Waals surface area (Å²) in [4.78, 5) is 6.79. The van der Waals surface area contributed by atoms with Gasteiger partial charge in [0.25, 0.3) is 0 Å². The zero-order valence-corrected chi connectivity index (χ0v) is 12.6. The zero-order chi connectivity index (χ0) is 14.8. The van der Waals surface area contributed by atoms with Gasteiger partial charge in [-0.1, -0.05) is 30.3 Å². The molecule has 3 nitrogen and oxygen atoms in total. The lowest BCUT2D eigenvalue weighted by molar-refractivity contribution is 0.775. The quantitative estimate of drug-likeness (QED) is 0.639. The van der Waals surface area contributed by atoms with Gasteiger partial charge in [0.15, 0.2) is 0 Å². The summed E-state index contributed by atoms with van der Waals surface area (Å²) in [5.74, 6) is 0.579. The van der Waals surface area contributed by atoms with Crippen molar-refractivity contribution in [2.45, 2.75) is 26.7 Å². The first-order valence-corrected chi connectivity index (χ1v) is 7.42. The summed E-state index contributed by atoms with van der Waals surface area (Å²) >= 11 is 0. The lowest BCUT2D eigenvalue weighted by Crippen LogP contribution is -2.40. The van der Waals surface area contributed by atoms with Crippen LogP contribution in [0.4, 0.5) is 11.4 Å². The molecule has 3 heteroatoms. The van der Waals surface area contributed by atoms with Crippen molar-refractivity contribution in [3.63, 3.8) is 0 Å². The summed E-state index contributed by atoms with van der Waals surface area (Å²) in [5.41, 5.74) is 12.2. The fourth-order valence-corrected chi connectivity index (χ4v) is 2.81. The molecule has 0 bridgehead atoms. The van der Waals surface area contributed by atoms with Crippen LogP contribution in [0.5, 0.6) is 0 Å². The fraction of sp³-hybridized carbons (Fsp3) is 0.278. The molecule has 2 N–H and O–H groups in total. The van der Waals surface area contributed by atoms with E-state index in [9.17, 15) is 0 Å². The first-order valence-electron chi connectivity index (χ1n) is 7.42. The second-order valence-corrected chi connectivity index (χ2v) is 5.57. The molecule has 0 aromatic heterocycles. The van der Waals surface area contributed by atoms with Crippen LogP contribution in [0, 0.1) is 13.8 Å². The van der Waals surface area contributed by atoms with Gasteiger partial charge in [-0.15, -0.1) is 0 Å². The average Bonchev–Trinajstić information content (AvgIpc) is 2.51. The molecule has 2 aromatic rings. The molecule has 0 radical (unpaired) electrons. The number of anilines is 1. The van der Waals surface area contributed by atoms with E-state index in [0.717, 1.165) is 25.1 Å². The molecule has 0 unspecified atom stereocenters. The van der Waals surface area contributed by atoms with Crippen LogP contribution >= 0.6 is 0 Å². The van der Waals surface area contributed by atoms with Crippen molar-refractivity contribution in [3.8, 4) is 0 Å². The highest BCUT2D eigenvalue weighted by atomic mass is 15.3. The van der Waals surface area contributed by atoms with Crippen LogP contribution in [-0.4, -0.2) is 12.5 Å². The Labute approximate surface area is 126 Å². The van der Waals surface area contributed by atoms with Crippen molar-refractivity contribution >= 4 is 17.3 Å². The van der Waals surface area contributed by atoms with Gasteiger partial charge in [-0.25, -0.2) is 4.99 Å². The Morgan fingerprint density at radius 3 is 2.76 bits per heavy atom. The van der Waals surface area contributed by atoms with Gasteiger partial charge in [0.1, 0.15) is 0 Å². The lowest BCUT2D eigenvalue weighted by Gasteiger charge is -2.30. The first-order chi connectivity index (χ1) is 10.2. The van der Waals surface area contributed by atoms with E-state index in [0.29, 0.717) is 5.96 Å². The van der Waals surface area contributed by atoms with Crippen molar-refractivity contribution < 1.29 is 0 Å². The zero-order valence-electron chi connectivity index (χ0n) is 12.6. The number of hydrogen-bond donors (Lipinski definition) is 1. The van der Waals surface area contributed by atoms with Crippen LogP contribution in [0.15, 0.2) is 47.5 Å². The summed E-state index contributed by atoms with van der Waals surface area (Å²) in [7, 11) is 0. The monoisotopic (exact) mass is 279 g/mol. The molecule has 0 amide bonds. The largest absolute Gasteiger partial charge is 0.369 e. The second kappa shape index (κ2) is 5.60. The fourth-order valence-electron chi connectivity index (χ4n) is 2.81. The summed E-state index contributed by atoms with van der Waals surface area (Å²) in [5, 5.41) is 0. The number of nitrogens with zero attached hydrogens (tertiary/aromatic N) is 2. The molecule has 3 rings (SSSR count). The number of fused-ring (bicyclic) bond motifs is 1. The van der Waals surface area contributed by atoms with E-state index in [1.54, 1.807) is 0 Å². The van der Waals surface area contributed by atoms with Gasteiger partial charge in [-0.2, -0.15) is 0 Å². The minimum Gasteiger partial charge on any atom is -0.369 e. The Bertz CT molecular complexity index is 689. The second-order valence-electron chi connectivity index (χ2n) is 5.57. The molecule has 0 spiro atoms. The molecule has 0 saturated carbocycles. The predicted octanol–water partition coefficient (Wildman–Crippen LogP) is 3.70. The molecule has 1 heterocycles. The van der Waals surface area contributed by atoms with E-state index in [-0.39, 0.29) is 0 Å². The van der Waals surface area contributed by atoms with Crippen molar-refractivity contribution in [1.82, 2.24) is 0 Å². The molecule has 0 saturated heterocycles. The smallest absolute Gasteiger partial charge is 0.201 e. The van der Waals surface area contributed by atoms with Crippen molar-refractivity contribution in [2.24, 2.45) is 10.7 Å². The highest BCUT2D eigenvalue weighted by Crippen LogP contribution is 2.28. The van der Waals surface area contributed by atoms with Crippen LogP contribution in [-0.2, 0) is 6.42 Å². The number of rotatable bonds is 1. The normalized spacial score (nSPS) is 15.0. The summed E-state index contributed by atoms with van der Waals surface area (Å²) in [6, 6.07) is 14.6. The van der Waals surface area contributed by atoms with Crippen LogP contribution in [0.2, 0.25) is 0 Å². The van der Waals surface area contributed by atoms with E-state index in [2.05, 4.69) is 54.1 Å². The molecule has 1 aliphatic heterocycles. The minimum absolute atomic E-state index is 0.579. The molecule has 0 atom stereocenters. The molecule has 2 aromatic carbocycles. The maximum atomic E-state index is 6.29. The number of nitrogens with two attached hydrogens (primary N) is 1. The van der Waals surface area contributed by atoms with Crippen LogP contribution in [0.1, 0.15) is 23.1 Å². The molecule has 108 valence electrons. The van der Waals surface area contributed by atoms with E-state index in [1.807, 2.05) is 12.1 Å². The van der Waals surface area contributed by atoms with Gasteiger partial charge in [-0.05, 0) is 55.5 Å². The van der Waals surface area contributed by atoms with Gasteiger partial charge >= 0.3 is 0 Å². The van der Waals surface area contributed by atoms with Crippen LogP contribution < -0.4 is 10.6 Å². The lowest BCUT2D eigenvalue weighted by atomic mass is 10.0. The Hall–Kier alpha value is -2.29. The van der Waals surface area contributed by atoms with Crippen molar-refractivity contribution in [2.75, 3.05) is 11.4 Å². The summed E-state index contributed by atoms with van der Waals surface area (Å²) < 4.78 is 0. The maximum Gasteiger partial charge on any atom is 0.201 e. The number of benzene rings is 2. The molecule has 0 fully saturated rings. The Balaban J connectivity index is 1.98. The summed E-state index contributed by atoms with van der Waals surface area (Å²) in [6.07, 6.45) is 2.23. The Morgan fingerprint density at radius 1 is 1.10 bits per heavy atom. The molecule has 21 heavy (non-hydrogen) atoms. The van der Waals surface area contributed by atoms with Gasteiger partial charge in [-0.3, -0.25) is 0 Å². The molecular weight excluding hydrogens is 258 g/mol. The molecule has 0 aliphatic carbocycles. The predicted molar refractivity (Wildman–Crippen MR) is 89.3 cm³/mol. The third kappa shape index (κ3) is 2.64. The standard InChI is InChI=1S/C18H21N3/c1-13-7-5-10-16(14(13)2)20-18(19)21-12-6-9-15-8-3-4-11-17(15)21/h3-5,7-8,10-11H,6,9,12H2,1-2H3,(H2,19,20). The Kier molecular flexibility index (Phi) is 3.65. The highest BCUT2D eigenvalue weighted by molar-refractivity contribution is 5.97. The highest BCUT2D eigenvalue weighted by Gasteiger charge is 2.19.